The third-order valence-corrected chi connectivity index (χ3v) is 3.94. The summed E-state index contributed by atoms with van der Waals surface area (Å²) in [4.78, 5) is 5.08. The van der Waals surface area contributed by atoms with Gasteiger partial charge in [0.15, 0.2) is 0 Å². The van der Waals surface area contributed by atoms with E-state index in [1.165, 1.54) is 31.7 Å². The minimum absolute atomic E-state index is 0.771. The van der Waals surface area contributed by atoms with Gasteiger partial charge in [-0.05, 0) is 18.6 Å². The van der Waals surface area contributed by atoms with Crippen molar-refractivity contribution in [2.45, 2.75) is 19.5 Å². The number of furan rings is 1. The predicted octanol–water partition coefficient (Wildman–Crippen LogP) is 0.677. The molecule has 4 heteroatoms. The van der Waals surface area contributed by atoms with Crippen LogP contribution in [0.4, 0.5) is 0 Å². The molecule has 17 heavy (non-hydrogen) atoms. The Kier molecular flexibility index (Phi) is 3.18. The van der Waals surface area contributed by atoms with Crippen molar-refractivity contribution in [1.82, 2.24) is 15.1 Å². The molecule has 1 aromatic heterocycles. The van der Waals surface area contributed by atoms with Crippen LogP contribution in [0.15, 0.2) is 16.7 Å². The molecule has 0 unspecified atom stereocenters. The first-order valence-electron chi connectivity index (χ1n) is 6.53. The topological polar surface area (TPSA) is 31.7 Å². The van der Waals surface area contributed by atoms with Crippen LogP contribution in [-0.4, -0.2) is 55.1 Å². The summed E-state index contributed by atoms with van der Waals surface area (Å²) in [5.74, 6) is 1.13. The largest absolute Gasteiger partial charge is 0.468 e. The molecular formula is C13H21N3O. The Morgan fingerprint density at radius 1 is 1.35 bits per heavy atom. The zero-order valence-corrected chi connectivity index (χ0v) is 10.5. The quantitative estimate of drug-likeness (QED) is 0.835. The van der Waals surface area contributed by atoms with Gasteiger partial charge in [-0.25, -0.2) is 0 Å². The first-order chi connectivity index (χ1) is 8.33. The summed E-state index contributed by atoms with van der Waals surface area (Å²) < 4.78 is 5.49. The maximum Gasteiger partial charge on any atom is 0.120 e. The van der Waals surface area contributed by atoms with Crippen molar-refractivity contribution in [2.75, 3.05) is 39.3 Å². The molecule has 2 saturated heterocycles. The van der Waals surface area contributed by atoms with Gasteiger partial charge in [0, 0.05) is 45.3 Å². The van der Waals surface area contributed by atoms with Crippen LogP contribution in [0.2, 0.25) is 0 Å². The Bertz CT molecular complexity index is 364. The molecule has 0 amide bonds. The Labute approximate surface area is 103 Å². The SMILES string of the molecule is Cc1ccoc1CN1CC(N2CCNCC2)C1. The summed E-state index contributed by atoms with van der Waals surface area (Å²) >= 11 is 0. The lowest BCUT2D eigenvalue weighted by atomic mass is 10.1. The van der Waals surface area contributed by atoms with Crippen LogP contribution in [-0.2, 0) is 6.54 Å². The highest BCUT2D eigenvalue weighted by Gasteiger charge is 2.32. The fourth-order valence-corrected chi connectivity index (χ4v) is 2.72. The summed E-state index contributed by atoms with van der Waals surface area (Å²) in [5, 5.41) is 3.40. The third kappa shape index (κ3) is 2.39. The molecular weight excluding hydrogens is 214 g/mol. The van der Waals surface area contributed by atoms with Crippen LogP contribution in [0, 0.1) is 6.92 Å². The van der Waals surface area contributed by atoms with E-state index in [0.717, 1.165) is 31.4 Å². The van der Waals surface area contributed by atoms with Gasteiger partial charge in [0.1, 0.15) is 5.76 Å². The van der Waals surface area contributed by atoms with E-state index < -0.39 is 0 Å². The second-order valence-electron chi connectivity index (χ2n) is 5.16. The minimum Gasteiger partial charge on any atom is -0.468 e. The standard InChI is InChI=1S/C13H21N3O/c1-11-2-7-17-13(11)10-15-8-12(9-15)16-5-3-14-4-6-16/h2,7,12,14H,3-6,8-10H2,1H3. The fourth-order valence-electron chi connectivity index (χ4n) is 2.72. The van der Waals surface area contributed by atoms with E-state index in [4.69, 9.17) is 4.42 Å². The Morgan fingerprint density at radius 3 is 2.76 bits per heavy atom. The van der Waals surface area contributed by atoms with Gasteiger partial charge < -0.3 is 9.73 Å². The number of likely N-dealkylation sites (tertiary alicyclic amines) is 1. The van der Waals surface area contributed by atoms with E-state index in [1.807, 2.05) is 6.07 Å². The number of hydrogen-bond donors (Lipinski definition) is 1. The lowest BCUT2D eigenvalue weighted by Crippen LogP contribution is -2.62. The highest BCUT2D eigenvalue weighted by Crippen LogP contribution is 2.20. The minimum atomic E-state index is 0.771. The lowest BCUT2D eigenvalue weighted by molar-refractivity contribution is 0.0184. The van der Waals surface area contributed by atoms with Crippen LogP contribution in [0.3, 0.4) is 0 Å². The Balaban J connectivity index is 1.46. The van der Waals surface area contributed by atoms with Gasteiger partial charge in [-0.2, -0.15) is 0 Å². The van der Waals surface area contributed by atoms with E-state index in [9.17, 15) is 0 Å². The monoisotopic (exact) mass is 235 g/mol. The van der Waals surface area contributed by atoms with Gasteiger partial charge in [0.2, 0.25) is 0 Å². The van der Waals surface area contributed by atoms with Crippen LogP contribution in [0.25, 0.3) is 0 Å². The van der Waals surface area contributed by atoms with Crippen molar-refractivity contribution in [3.05, 3.63) is 23.7 Å². The van der Waals surface area contributed by atoms with Gasteiger partial charge in [-0.1, -0.05) is 0 Å². The molecule has 1 aromatic rings. The van der Waals surface area contributed by atoms with E-state index in [-0.39, 0.29) is 0 Å². The number of piperazine rings is 1. The molecule has 3 rings (SSSR count). The molecule has 3 heterocycles. The number of hydrogen-bond acceptors (Lipinski definition) is 4. The van der Waals surface area contributed by atoms with Gasteiger partial charge in [-0.15, -0.1) is 0 Å². The smallest absolute Gasteiger partial charge is 0.120 e. The summed E-state index contributed by atoms with van der Waals surface area (Å²) in [6, 6.07) is 2.82. The maximum atomic E-state index is 5.49. The molecule has 0 bridgehead atoms. The lowest BCUT2D eigenvalue weighted by Gasteiger charge is -2.46. The van der Waals surface area contributed by atoms with Crippen molar-refractivity contribution in [3.63, 3.8) is 0 Å². The summed E-state index contributed by atoms with van der Waals surface area (Å²) in [5.41, 5.74) is 1.27. The molecule has 4 nitrogen and oxygen atoms in total. The summed E-state index contributed by atoms with van der Waals surface area (Å²) in [6.07, 6.45) is 1.79. The third-order valence-electron chi connectivity index (χ3n) is 3.94. The summed E-state index contributed by atoms with van der Waals surface area (Å²) in [6.45, 7) is 10.2. The van der Waals surface area contributed by atoms with Crippen LogP contribution in [0.1, 0.15) is 11.3 Å². The fraction of sp³-hybridized carbons (Fsp3) is 0.692. The van der Waals surface area contributed by atoms with Crippen LogP contribution < -0.4 is 5.32 Å². The number of nitrogens with one attached hydrogen (secondary N) is 1. The normalized spacial score (nSPS) is 23.8. The van der Waals surface area contributed by atoms with Crippen molar-refractivity contribution in [1.29, 1.82) is 0 Å². The van der Waals surface area contributed by atoms with Gasteiger partial charge in [-0.3, -0.25) is 9.80 Å². The number of nitrogens with zero attached hydrogens (tertiary/aromatic N) is 2. The molecule has 1 N–H and O–H groups in total. The van der Waals surface area contributed by atoms with Crippen molar-refractivity contribution >= 4 is 0 Å². The highest BCUT2D eigenvalue weighted by atomic mass is 16.3. The first kappa shape index (κ1) is 11.3. The molecule has 2 aliphatic heterocycles. The van der Waals surface area contributed by atoms with Gasteiger partial charge in [0.25, 0.3) is 0 Å². The average molecular weight is 235 g/mol. The molecule has 0 spiro atoms. The van der Waals surface area contributed by atoms with E-state index in [0.29, 0.717) is 0 Å². The zero-order chi connectivity index (χ0) is 11.7. The second kappa shape index (κ2) is 4.80. The zero-order valence-electron chi connectivity index (χ0n) is 10.5. The Morgan fingerprint density at radius 2 is 2.12 bits per heavy atom. The molecule has 94 valence electrons. The van der Waals surface area contributed by atoms with Crippen LogP contribution >= 0.6 is 0 Å². The summed E-state index contributed by atoms with van der Waals surface area (Å²) in [7, 11) is 0. The molecule has 0 atom stereocenters. The molecule has 2 aliphatic rings. The van der Waals surface area contributed by atoms with E-state index in [2.05, 4.69) is 22.0 Å². The second-order valence-corrected chi connectivity index (χ2v) is 5.16. The van der Waals surface area contributed by atoms with Crippen molar-refractivity contribution < 1.29 is 4.42 Å². The molecule has 0 saturated carbocycles. The van der Waals surface area contributed by atoms with E-state index in [1.54, 1.807) is 6.26 Å². The molecule has 2 fully saturated rings. The molecule has 0 radical (unpaired) electrons. The average Bonchev–Trinajstić information content (AvgIpc) is 2.70. The van der Waals surface area contributed by atoms with Crippen molar-refractivity contribution in [2.24, 2.45) is 0 Å². The van der Waals surface area contributed by atoms with Gasteiger partial charge in [0.05, 0.1) is 12.8 Å². The first-order valence-corrected chi connectivity index (χ1v) is 6.53. The van der Waals surface area contributed by atoms with Crippen LogP contribution in [0.5, 0.6) is 0 Å². The van der Waals surface area contributed by atoms with Crippen molar-refractivity contribution in [3.8, 4) is 0 Å². The number of aryl methyl sites for hydroxylation is 1. The van der Waals surface area contributed by atoms with E-state index >= 15 is 0 Å². The number of rotatable bonds is 3. The molecule has 0 aromatic carbocycles. The van der Waals surface area contributed by atoms with Gasteiger partial charge >= 0.3 is 0 Å². The molecule has 0 aliphatic carbocycles. The highest BCUT2D eigenvalue weighted by molar-refractivity contribution is 5.14. The Hall–Kier alpha value is -0.840. The maximum absolute atomic E-state index is 5.49. The predicted molar refractivity (Wildman–Crippen MR) is 67.0 cm³/mol.